The van der Waals surface area contributed by atoms with Crippen LogP contribution in [0.2, 0.25) is 0 Å². The van der Waals surface area contributed by atoms with Crippen LogP contribution in [0, 0.1) is 52.3 Å². The number of hydrogen-bond donors (Lipinski definition) is 0. The molecule has 0 spiro atoms. The minimum absolute atomic E-state index is 0.117. The van der Waals surface area contributed by atoms with Gasteiger partial charge in [0.1, 0.15) is 34.7 Å². The molecule has 1 aliphatic carbocycles. The second-order valence-corrected chi connectivity index (χ2v) is 22.8. The average molecular weight is 1000 g/mol. The molecular weight excluding hydrogens is 865 g/mol. The fourth-order valence-corrected chi connectivity index (χ4v) is 5.09. The van der Waals surface area contributed by atoms with Crippen LogP contribution in [-0.2, 0) is 28.8 Å². The number of carbonyl (C=O) groups is 6. The van der Waals surface area contributed by atoms with Crippen LogP contribution in [0.15, 0.2) is 0 Å². The van der Waals surface area contributed by atoms with Crippen LogP contribution in [0.25, 0.3) is 0 Å². The quantitative estimate of drug-likeness (QED) is 0.144. The molecule has 0 saturated heterocycles. The van der Waals surface area contributed by atoms with Gasteiger partial charge in [-0.15, -0.1) is 0 Å². The normalized spacial score (nSPS) is 11.4. The summed E-state index contributed by atoms with van der Waals surface area (Å²) in [6.07, 6.45) is 17.4. The molecule has 0 aromatic rings. The third-order valence-electron chi connectivity index (χ3n) is 8.99. The van der Waals surface area contributed by atoms with E-state index in [0.29, 0.717) is 58.5 Å². The molecule has 0 aliphatic heterocycles. The zero-order valence-electron chi connectivity index (χ0n) is 54.8. The van der Waals surface area contributed by atoms with Crippen LogP contribution >= 0.6 is 0 Å². The van der Waals surface area contributed by atoms with Gasteiger partial charge in [0.25, 0.3) is 0 Å². The highest BCUT2D eigenvalue weighted by Crippen LogP contribution is 2.51. The third kappa shape index (κ3) is 121. The highest BCUT2D eigenvalue weighted by Gasteiger charge is 2.46. The van der Waals surface area contributed by atoms with E-state index in [-0.39, 0.29) is 22.5 Å². The Balaban J connectivity index is -0.0000000621. The van der Waals surface area contributed by atoms with Crippen LogP contribution in [0.3, 0.4) is 0 Å². The first-order valence-corrected chi connectivity index (χ1v) is 28.9. The maximum Gasteiger partial charge on any atom is 0.135 e. The lowest BCUT2D eigenvalue weighted by Gasteiger charge is -2.22. The molecule has 0 N–H and O–H groups in total. The molecule has 6 nitrogen and oxygen atoms in total. The van der Waals surface area contributed by atoms with Crippen LogP contribution < -0.4 is 0 Å². The Morgan fingerprint density at radius 2 is 0.743 bits per heavy atom. The number of carbonyl (C=O) groups excluding carboxylic acids is 6. The van der Waals surface area contributed by atoms with E-state index in [2.05, 4.69) is 152 Å². The zero-order valence-corrected chi connectivity index (χ0v) is 54.8. The smallest absolute Gasteiger partial charge is 0.135 e. The van der Waals surface area contributed by atoms with Gasteiger partial charge in [-0.05, 0) is 116 Å². The van der Waals surface area contributed by atoms with Crippen LogP contribution in [-0.4, -0.2) is 34.7 Å². The molecule has 0 aromatic heterocycles. The van der Waals surface area contributed by atoms with E-state index in [1.165, 1.54) is 44.9 Å². The molecule has 0 bridgehead atoms. The Kier molecular flexibility index (Phi) is 92.8. The molecule has 0 radical (unpaired) electrons. The lowest BCUT2D eigenvalue weighted by atomic mass is 9.81. The van der Waals surface area contributed by atoms with Crippen molar-refractivity contribution in [1.29, 1.82) is 0 Å². The molecule has 0 heterocycles. The van der Waals surface area contributed by atoms with Gasteiger partial charge in [-0.3, -0.25) is 14.4 Å². The van der Waals surface area contributed by atoms with Gasteiger partial charge in [-0.1, -0.05) is 232 Å². The van der Waals surface area contributed by atoms with E-state index < -0.39 is 0 Å². The summed E-state index contributed by atoms with van der Waals surface area (Å²) in [6, 6.07) is 0. The molecule has 1 unspecified atom stereocenters. The number of rotatable bonds is 17. The van der Waals surface area contributed by atoms with Crippen molar-refractivity contribution in [3.63, 3.8) is 0 Å². The van der Waals surface area contributed by atoms with Gasteiger partial charge in [-0.2, -0.15) is 0 Å². The van der Waals surface area contributed by atoms with Gasteiger partial charge < -0.3 is 14.4 Å². The minimum atomic E-state index is -0.117. The molecular formula is C64H138O6. The fraction of sp³-hybridized carbons (Fsp3) is 0.906. The summed E-state index contributed by atoms with van der Waals surface area (Å²) >= 11 is 0. The minimum Gasteiger partial charge on any atom is -0.300 e. The Morgan fingerprint density at radius 3 is 0.829 bits per heavy atom. The fourth-order valence-electron chi connectivity index (χ4n) is 5.09. The van der Waals surface area contributed by atoms with Gasteiger partial charge in [0, 0.05) is 36.0 Å². The maximum absolute atomic E-state index is 11.1. The van der Waals surface area contributed by atoms with Crippen molar-refractivity contribution in [2.24, 2.45) is 52.3 Å². The van der Waals surface area contributed by atoms with Gasteiger partial charge in [-0.25, -0.2) is 0 Å². The Labute approximate surface area is 445 Å². The molecule has 70 heavy (non-hydrogen) atoms. The first-order valence-electron chi connectivity index (χ1n) is 28.9. The predicted octanol–water partition coefficient (Wildman–Crippen LogP) is 21.4. The number of Topliss-reactive ketones (excluding diaryl/α,β-unsaturated/α-hetero) is 6. The second kappa shape index (κ2) is 69.1. The molecule has 0 aromatic carbocycles. The lowest BCUT2D eigenvalue weighted by molar-refractivity contribution is -0.125. The summed E-state index contributed by atoms with van der Waals surface area (Å²) < 4.78 is 0. The monoisotopic (exact) mass is 1000 g/mol. The molecule has 1 rings (SSSR count). The Morgan fingerprint density at radius 1 is 0.429 bits per heavy atom. The van der Waals surface area contributed by atoms with Crippen molar-refractivity contribution in [2.75, 3.05) is 0 Å². The SMILES string of the molecule is CC(=O)C(C)(C)CC(C)C.CC(=O)C(C)C(C)C.CC(=O)C1(CC(C)C)CC1.CC(=O)CC(C)C.CC(=O)CCC(C)C.CC(=O)CCCC(C)C.CCC.CCC.CCC.CCC.CCC.CCC. The van der Waals surface area contributed by atoms with Crippen molar-refractivity contribution < 1.29 is 28.8 Å². The molecule has 1 aliphatic rings. The van der Waals surface area contributed by atoms with E-state index in [4.69, 9.17) is 0 Å². The molecule has 1 fully saturated rings. The first-order chi connectivity index (χ1) is 31.8. The van der Waals surface area contributed by atoms with Gasteiger partial charge in [0.15, 0.2) is 0 Å². The van der Waals surface area contributed by atoms with E-state index in [1.54, 1.807) is 41.5 Å². The summed E-state index contributed by atoms with van der Waals surface area (Å²) in [7, 11) is 0. The summed E-state index contributed by atoms with van der Waals surface area (Å²) in [5.74, 6) is 5.83. The first kappa shape index (κ1) is 94.0. The second-order valence-electron chi connectivity index (χ2n) is 22.8. The molecule has 1 saturated carbocycles. The summed E-state index contributed by atoms with van der Waals surface area (Å²) in [5, 5.41) is 0. The van der Waals surface area contributed by atoms with Crippen LogP contribution in [0.1, 0.15) is 331 Å². The molecule has 0 amide bonds. The molecule has 1 atom stereocenters. The van der Waals surface area contributed by atoms with Crippen LogP contribution in [0.5, 0.6) is 0 Å². The number of ketones is 6. The van der Waals surface area contributed by atoms with E-state index in [0.717, 1.165) is 63.7 Å². The van der Waals surface area contributed by atoms with Gasteiger partial charge in [0.05, 0.1) is 0 Å². The maximum atomic E-state index is 11.1. The standard InChI is InChI=1S/C9H16O.C9H18O.C8H16O.2C7H14O.C6H12O.6C3H8/c1-7(2)6-9(4-5-9)8(3)10;1-7(2)6-9(4,5)8(3)10;1-7(2)5-4-6-8(3)9;1-6(2)4-5-7(3)8;1-5(2)6(3)7(4)8;1-5(2)4-6(3)7;6*1-3-2/h7H,4-6H2,1-3H3;7H,6H2,1-5H3;7H,4-6H2,1-3H3;6H,4-5H2,1-3H3;5-6H,1-4H3;5H,4H2,1-3H3;6*3H2,1-2H3. The van der Waals surface area contributed by atoms with Crippen molar-refractivity contribution in [1.82, 2.24) is 0 Å². The van der Waals surface area contributed by atoms with Crippen molar-refractivity contribution >= 4 is 34.7 Å². The zero-order chi connectivity index (χ0) is 58.8. The van der Waals surface area contributed by atoms with Crippen molar-refractivity contribution in [2.45, 2.75) is 331 Å². The predicted molar refractivity (Wildman–Crippen MR) is 320 cm³/mol. The lowest BCUT2D eigenvalue weighted by Crippen LogP contribution is -2.23. The van der Waals surface area contributed by atoms with Gasteiger partial charge in [0.2, 0.25) is 0 Å². The largest absolute Gasteiger partial charge is 0.300 e. The Bertz CT molecular complexity index is 1040. The average Bonchev–Trinajstić information content (AvgIpc) is 3.96. The topological polar surface area (TPSA) is 102 Å². The summed E-state index contributed by atoms with van der Waals surface area (Å²) in [5.41, 5.74) is 0.0162. The van der Waals surface area contributed by atoms with E-state index >= 15 is 0 Å². The van der Waals surface area contributed by atoms with Gasteiger partial charge >= 0.3 is 0 Å². The van der Waals surface area contributed by atoms with Crippen LogP contribution in [0.4, 0.5) is 0 Å². The van der Waals surface area contributed by atoms with E-state index in [9.17, 15) is 28.8 Å². The summed E-state index contributed by atoms with van der Waals surface area (Å²) in [6.45, 7) is 66.9. The highest BCUT2D eigenvalue weighted by atomic mass is 16.1. The van der Waals surface area contributed by atoms with Crippen molar-refractivity contribution in [3.05, 3.63) is 0 Å². The number of hydrogen-bond acceptors (Lipinski definition) is 6. The molecule has 6 heteroatoms. The van der Waals surface area contributed by atoms with E-state index in [1.807, 2.05) is 34.6 Å². The Hall–Kier alpha value is -1.98. The van der Waals surface area contributed by atoms with Crippen molar-refractivity contribution in [3.8, 4) is 0 Å². The molecule has 430 valence electrons. The third-order valence-corrected chi connectivity index (χ3v) is 8.99. The summed E-state index contributed by atoms with van der Waals surface area (Å²) in [4.78, 5) is 63.7. The highest BCUT2D eigenvalue weighted by molar-refractivity contribution is 5.85.